The van der Waals surface area contributed by atoms with E-state index in [1.807, 2.05) is 33.3 Å². The molecule has 0 saturated carbocycles. The lowest BCUT2D eigenvalue weighted by Crippen LogP contribution is -2.47. The van der Waals surface area contributed by atoms with E-state index in [0.29, 0.717) is 17.4 Å². The van der Waals surface area contributed by atoms with Crippen LogP contribution in [-0.4, -0.2) is 69.4 Å². The van der Waals surface area contributed by atoms with Crippen LogP contribution in [0.3, 0.4) is 0 Å². The summed E-state index contributed by atoms with van der Waals surface area (Å²) in [5.41, 5.74) is 0. The van der Waals surface area contributed by atoms with Gasteiger partial charge in [0, 0.05) is 12.8 Å². The maximum absolute atomic E-state index is 13.6. The molecule has 0 heterocycles. The number of ether oxygens (including phenoxy) is 1. The van der Waals surface area contributed by atoms with Crippen molar-refractivity contribution >= 4 is 19.7 Å². The van der Waals surface area contributed by atoms with Crippen molar-refractivity contribution in [2.24, 2.45) is 0 Å². The molecule has 1 N–H and O–H groups in total. The highest BCUT2D eigenvalue weighted by Gasteiger charge is 2.27. The SMILES string of the molecule is CCCCCCCCCCC/C=C/C(OC(=O)CCCCCCCCCCCCCCCCCCCCC)C(COP(=O)([O-])OCC[N+](C)(C)C)NC(=O)CCCCCCCCCCCCCCCCCCCCCCCCC. The number of nitrogens with one attached hydrogen (secondary N) is 1. The van der Waals surface area contributed by atoms with Gasteiger partial charge in [0.05, 0.1) is 33.8 Å². The molecule has 9 nitrogen and oxygen atoms in total. The third-order valence-electron chi connectivity index (χ3n) is 16.2. The fourth-order valence-electron chi connectivity index (χ4n) is 10.8. The number of likely N-dealkylation sites (N-methyl/N-ethyl adjacent to an activating group) is 1. The lowest BCUT2D eigenvalue weighted by molar-refractivity contribution is -0.870. The van der Waals surface area contributed by atoms with E-state index in [1.165, 1.54) is 276 Å². The third-order valence-corrected chi connectivity index (χ3v) is 17.2. The van der Waals surface area contributed by atoms with E-state index >= 15 is 0 Å². The molecule has 0 radical (unpaired) electrons. The molecule has 0 aliphatic carbocycles. The number of quaternary nitrogens is 1. The first-order chi connectivity index (χ1) is 38.4. The van der Waals surface area contributed by atoms with Crippen molar-refractivity contribution in [1.29, 1.82) is 0 Å². The highest BCUT2D eigenvalue weighted by atomic mass is 31.2. The average Bonchev–Trinajstić information content (AvgIpc) is 3.41. The van der Waals surface area contributed by atoms with Gasteiger partial charge in [0.2, 0.25) is 5.91 Å². The molecule has 0 bridgehead atoms. The second kappa shape index (κ2) is 59.9. The molecule has 1 amide bonds. The molecule has 3 unspecified atom stereocenters. The number of rotatable bonds is 65. The summed E-state index contributed by atoms with van der Waals surface area (Å²) in [5.74, 6) is -0.515. The molecule has 0 aromatic heterocycles. The second-order valence-electron chi connectivity index (χ2n) is 25.4. The van der Waals surface area contributed by atoms with Crippen molar-refractivity contribution < 1.29 is 37.3 Å². The zero-order chi connectivity index (χ0) is 57.9. The standard InChI is InChI=1S/C69H137N2O7P/c1-7-10-13-16-19-22-25-27-29-31-33-34-35-36-38-39-41-43-46-49-52-55-58-61-68(72)70-66(65-77-79(74,75)76-64-63-71(4,5)6)67(60-57-54-51-48-45-24-21-18-15-12-9-3)78-69(73)62-59-56-53-50-47-44-42-40-37-32-30-28-26-23-20-17-14-11-8-2/h57,60,66-67H,7-56,58-59,61-65H2,1-6H3,(H-,70,72,74,75)/b60-57+. The lowest BCUT2D eigenvalue weighted by Gasteiger charge is -2.30. The van der Waals surface area contributed by atoms with E-state index < -0.39 is 20.0 Å². The fraction of sp³-hybridized carbons (Fsp3) is 0.942. The molecule has 0 aromatic rings. The molecule has 0 spiro atoms. The molecule has 0 saturated heterocycles. The second-order valence-corrected chi connectivity index (χ2v) is 26.8. The van der Waals surface area contributed by atoms with Crippen LogP contribution in [-0.2, 0) is 27.9 Å². The summed E-state index contributed by atoms with van der Waals surface area (Å²) >= 11 is 0. The molecule has 0 fully saturated rings. The number of carbonyl (C=O) groups excluding carboxylic acids is 2. The van der Waals surface area contributed by atoms with Gasteiger partial charge in [-0.15, -0.1) is 0 Å². The van der Waals surface area contributed by atoms with Crippen LogP contribution in [0.2, 0.25) is 0 Å². The topological polar surface area (TPSA) is 114 Å². The number of nitrogens with zero attached hydrogens (tertiary/aromatic N) is 1. The maximum Gasteiger partial charge on any atom is 0.306 e. The Labute approximate surface area is 492 Å². The van der Waals surface area contributed by atoms with Crippen LogP contribution in [0.1, 0.15) is 367 Å². The van der Waals surface area contributed by atoms with Gasteiger partial charge in [-0.1, -0.05) is 335 Å². The minimum Gasteiger partial charge on any atom is -0.756 e. The van der Waals surface area contributed by atoms with Gasteiger partial charge in [0.15, 0.2) is 0 Å². The number of phosphoric acid groups is 1. The Morgan fingerprint density at radius 1 is 0.430 bits per heavy atom. The van der Waals surface area contributed by atoms with Gasteiger partial charge >= 0.3 is 5.97 Å². The van der Waals surface area contributed by atoms with Gasteiger partial charge in [-0.2, -0.15) is 0 Å². The molecule has 0 rings (SSSR count). The summed E-state index contributed by atoms with van der Waals surface area (Å²) < 4.78 is 30.4. The third kappa shape index (κ3) is 61.1. The molecule has 10 heteroatoms. The first-order valence-corrected chi connectivity index (χ1v) is 36.5. The number of phosphoric ester groups is 1. The van der Waals surface area contributed by atoms with Gasteiger partial charge < -0.3 is 28.5 Å². The van der Waals surface area contributed by atoms with Gasteiger partial charge in [0.1, 0.15) is 19.3 Å². The van der Waals surface area contributed by atoms with Crippen LogP contribution in [0.5, 0.6) is 0 Å². The van der Waals surface area contributed by atoms with E-state index in [-0.39, 0.29) is 31.5 Å². The van der Waals surface area contributed by atoms with E-state index in [1.54, 1.807) is 0 Å². The zero-order valence-electron chi connectivity index (χ0n) is 53.9. The fourth-order valence-corrected chi connectivity index (χ4v) is 11.5. The first-order valence-electron chi connectivity index (χ1n) is 35.0. The van der Waals surface area contributed by atoms with Gasteiger partial charge in [-0.3, -0.25) is 14.2 Å². The van der Waals surface area contributed by atoms with Gasteiger partial charge in [-0.25, -0.2) is 0 Å². The number of allylic oxidation sites excluding steroid dienone is 1. The molecule has 0 aromatic carbocycles. The van der Waals surface area contributed by atoms with Crippen molar-refractivity contribution in [2.45, 2.75) is 380 Å². The predicted molar refractivity (Wildman–Crippen MR) is 340 cm³/mol. The van der Waals surface area contributed by atoms with E-state index in [0.717, 1.165) is 57.8 Å². The summed E-state index contributed by atoms with van der Waals surface area (Å²) in [6.07, 6.45) is 70.5. The number of hydrogen-bond acceptors (Lipinski definition) is 7. The predicted octanol–water partition coefficient (Wildman–Crippen LogP) is 21.3. The minimum atomic E-state index is -4.69. The molecular weight excluding hydrogens is 1000 g/mol. The summed E-state index contributed by atoms with van der Waals surface area (Å²) in [6.45, 7) is 6.92. The van der Waals surface area contributed by atoms with Crippen LogP contribution >= 0.6 is 7.82 Å². The van der Waals surface area contributed by atoms with E-state index in [9.17, 15) is 19.0 Å². The summed E-state index contributed by atoms with van der Waals surface area (Å²) in [6, 6.07) is -0.880. The summed E-state index contributed by atoms with van der Waals surface area (Å²) in [7, 11) is 1.21. The highest BCUT2D eigenvalue weighted by molar-refractivity contribution is 7.45. The van der Waals surface area contributed by atoms with Crippen molar-refractivity contribution in [1.82, 2.24) is 5.32 Å². The average molecular weight is 1140 g/mol. The van der Waals surface area contributed by atoms with Crippen molar-refractivity contribution in [3.63, 3.8) is 0 Å². The maximum atomic E-state index is 13.6. The Morgan fingerprint density at radius 3 is 1.04 bits per heavy atom. The Hall–Kier alpha value is -1.25. The van der Waals surface area contributed by atoms with E-state index in [2.05, 4.69) is 26.1 Å². The number of carbonyl (C=O) groups is 2. The van der Waals surface area contributed by atoms with E-state index in [4.69, 9.17) is 13.8 Å². The van der Waals surface area contributed by atoms with Gasteiger partial charge in [-0.05, 0) is 31.8 Å². The van der Waals surface area contributed by atoms with Crippen molar-refractivity contribution in [3.8, 4) is 0 Å². The minimum absolute atomic E-state index is 0.0165. The summed E-state index contributed by atoms with van der Waals surface area (Å²) in [4.78, 5) is 40.1. The summed E-state index contributed by atoms with van der Waals surface area (Å²) in [5, 5.41) is 3.05. The lowest BCUT2D eigenvalue weighted by atomic mass is 10.0. The number of unbranched alkanes of at least 4 members (excludes halogenated alkanes) is 49. The van der Waals surface area contributed by atoms with Gasteiger partial charge in [0.25, 0.3) is 7.82 Å². The van der Waals surface area contributed by atoms with Crippen molar-refractivity contribution in [2.75, 3.05) is 40.9 Å². The number of esters is 1. The number of amides is 1. The van der Waals surface area contributed by atoms with Crippen LogP contribution in [0.4, 0.5) is 0 Å². The molecule has 470 valence electrons. The van der Waals surface area contributed by atoms with Crippen molar-refractivity contribution in [3.05, 3.63) is 12.2 Å². The molecule has 3 atom stereocenters. The molecular formula is C69H137N2O7P. The highest BCUT2D eigenvalue weighted by Crippen LogP contribution is 2.38. The van der Waals surface area contributed by atoms with Crippen LogP contribution in [0.15, 0.2) is 12.2 Å². The van der Waals surface area contributed by atoms with Crippen LogP contribution < -0.4 is 10.2 Å². The monoisotopic (exact) mass is 1140 g/mol. The number of hydrogen-bond donors (Lipinski definition) is 1. The van der Waals surface area contributed by atoms with Crippen LogP contribution in [0, 0.1) is 0 Å². The molecule has 0 aliphatic rings. The molecule has 0 aliphatic heterocycles. The Kier molecular flexibility index (Phi) is 58.9. The van der Waals surface area contributed by atoms with Crippen LogP contribution in [0.25, 0.3) is 0 Å². The molecule has 79 heavy (non-hydrogen) atoms. The largest absolute Gasteiger partial charge is 0.756 e. The normalized spacial score (nSPS) is 13.6. The Bertz CT molecular complexity index is 1360. The quantitative estimate of drug-likeness (QED) is 0.0212. The Morgan fingerprint density at radius 2 is 0.722 bits per heavy atom. The Balaban J connectivity index is 5.00. The smallest absolute Gasteiger partial charge is 0.306 e. The first kappa shape index (κ1) is 77.8. The zero-order valence-corrected chi connectivity index (χ0v) is 54.8.